The molecule has 0 spiro atoms. The van der Waals surface area contributed by atoms with Gasteiger partial charge in [0.25, 0.3) is 0 Å². The third-order valence-corrected chi connectivity index (χ3v) is 6.85. The molecule has 3 nitrogen and oxygen atoms in total. The lowest BCUT2D eigenvalue weighted by molar-refractivity contribution is 0.511. The van der Waals surface area contributed by atoms with Crippen LogP contribution in [0, 0.1) is 6.92 Å². The number of nitrogens with zero attached hydrogens (tertiary/aromatic N) is 2. The van der Waals surface area contributed by atoms with Crippen LogP contribution in [0.1, 0.15) is 50.4 Å². The SMILES string of the molecule is CCNC(CSC1CCCCC1)Cc1c(Br)c(C)nn1C. The van der Waals surface area contributed by atoms with E-state index in [-0.39, 0.29) is 0 Å². The minimum Gasteiger partial charge on any atom is -0.313 e. The number of nitrogens with one attached hydrogen (secondary N) is 1. The highest BCUT2D eigenvalue weighted by Gasteiger charge is 2.19. The van der Waals surface area contributed by atoms with E-state index in [4.69, 9.17) is 0 Å². The highest BCUT2D eigenvalue weighted by molar-refractivity contribution is 9.10. The number of aromatic nitrogens is 2. The Morgan fingerprint density at radius 2 is 2.10 bits per heavy atom. The van der Waals surface area contributed by atoms with Gasteiger partial charge in [-0.2, -0.15) is 16.9 Å². The quantitative estimate of drug-likeness (QED) is 0.780. The molecule has 0 amide bonds. The van der Waals surface area contributed by atoms with Crippen molar-refractivity contribution in [1.29, 1.82) is 0 Å². The monoisotopic (exact) mass is 373 g/mol. The molecule has 1 N–H and O–H groups in total. The van der Waals surface area contributed by atoms with Crippen LogP contribution < -0.4 is 5.32 Å². The Balaban J connectivity index is 1.91. The van der Waals surface area contributed by atoms with E-state index in [1.54, 1.807) is 0 Å². The van der Waals surface area contributed by atoms with Crippen LogP contribution in [0.3, 0.4) is 0 Å². The second-order valence-electron chi connectivity index (χ2n) is 6.02. The van der Waals surface area contributed by atoms with E-state index >= 15 is 0 Å². The molecule has 1 atom stereocenters. The van der Waals surface area contributed by atoms with Gasteiger partial charge in [0.15, 0.2) is 0 Å². The molecule has 1 aromatic heterocycles. The molecule has 0 radical (unpaired) electrons. The normalized spacial score (nSPS) is 18.1. The number of aryl methyl sites for hydroxylation is 2. The molecule has 1 aromatic rings. The van der Waals surface area contributed by atoms with Gasteiger partial charge in [-0.3, -0.25) is 4.68 Å². The molecule has 1 aliphatic rings. The summed E-state index contributed by atoms with van der Waals surface area (Å²) in [6.07, 6.45) is 8.17. The first-order valence-corrected chi connectivity index (χ1v) is 9.99. The van der Waals surface area contributed by atoms with Crippen molar-refractivity contribution in [2.45, 2.75) is 63.7 Å². The highest BCUT2D eigenvalue weighted by Crippen LogP contribution is 2.29. The molecular formula is C16H28BrN3S. The van der Waals surface area contributed by atoms with Gasteiger partial charge in [-0.1, -0.05) is 26.2 Å². The zero-order valence-electron chi connectivity index (χ0n) is 13.5. The minimum absolute atomic E-state index is 0.535. The first-order valence-electron chi connectivity index (χ1n) is 8.14. The fourth-order valence-corrected chi connectivity index (χ4v) is 5.00. The van der Waals surface area contributed by atoms with Gasteiger partial charge in [0.2, 0.25) is 0 Å². The summed E-state index contributed by atoms with van der Waals surface area (Å²) in [6, 6.07) is 0.535. The molecule has 0 aliphatic heterocycles. The molecule has 120 valence electrons. The van der Waals surface area contributed by atoms with Gasteiger partial charge >= 0.3 is 0 Å². The summed E-state index contributed by atoms with van der Waals surface area (Å²) >= 11 is 5.87. The van der Waals surface area contributed by atoms with Crippen LogP contribution in [0.5, 0.6) is 0 Å². The fourth-order valence-electron chi connectivity index (χ4n) is 3.10. The average molecular weight is 374 g/mol. The van der Waals surface area contributed by atoms with E-state index < -0.39 is 0 Å². The van der Waals surface area contributed by atoms with Gasteiger partial charge in [-0.05, 0) is 42.2 Å². The second-order valence-corrected chi connectivity index (χ2v) is 8.15. The number of halogens is 1. The van der Waals surface area contributed by atoms with Crippen LogP contribution in [0.2, 0.25) is 0 Å². The van der Waals surface area contributed by atoms with E-state index in [1.165, 1.54) is 48.0 Å². The van der Waals surface area contributed by atoms with Crippen LogP contribution in [0.15, 0.2) is 4.47 Å². The minimum atomic E-state index is 0.535. The lowest BCUT2D eigenvalue weighted by Gasteiger charge is -2.24. The first kappa shape index (κ1) is 17.4. The Morgan fingerprint density at radius 1 is 1.38 bits per heavy atom. The van der Waals surface area contributed by atoms with Crippen LogP contribution in [0.4, 0.5) is 0 Å². The second kappa shape index (κ2) is 8.59. The Morgan fingerprint density at radius 3 is 2.67 bits per heavy atom. The lowest BCUT2D eigenvalue weighted by Crippen LogP contribution is -2.34. The fraction of sp³-hybridized carbons (Fsp3) is 0.812. The van der Waals surface area contributed by atoms with Crippen LogP contribution in [-0.2, 0) is 13.5 Å². The summed E-state index contributed by atoms with van der Waals surface area (Å²) < 4.78 is 3.20. The molecule has 21 heavy (non-hydrogen) atoms. The van der Waals surface area contributed by atoms with Crippen molar-refractivity contribution in [1.82, 2.24) is 15.1 Å². The molecule has 1 unspecified atom stereocenters. The number of likely N-dealkylation sites (N-methyl/N-ethyl adjacent to an activating group) is 1. The van der Waals surface area contributed by atoms with Crippen molar-refractivity contribution < 1.29 is 0 Å². The highest BCUT2D eigenvalue weighted by atomic mass is 79.9. The van der Waals surface area contributed by atoms with Gasteiger partial charge in [0.05, 0.1) is 15.9 Å². The molecule has 5 heteroatoms. The standard InChI is InChI=1S/C16H28BrN3S/c1-4-18-13(11-21-14-8-6-5-7-9-14)10-15-16(17)12(2)19-20(15)3/h13-14,18H,4-11H2,1-3H3. The third-order valence-electron chi connectivity index (χ3n) is 4.28. The molecule has 0 aromatic carbocycles. The van der Waals surface area contributed by atoms with Crippen LogP contribution in [-0.4, -0.2) is 33.4 Å². The van der Waals surface area contributed by atoms with E-state index in [1.807, 2.05) is 11.7 Å². The molecule has 2 rings (SSSR count). The summed E-state index contributed by atoms with van der Waals surface area (Å²) in [4.78, 5) is 0. The Bertz CT molecular complexity index is 441. The predicted molar refractivity (Wildman–Crippen MR) is 96.1 cm³/mol. The first-order chi connectivity index (χ1) is 10.1. The molecule has 0 bridgehead atoms. The zero-order chi connectivity index (χ0) is 15.2. The summed E-state index contributed by atoms with van der Waals surface area (Å²) in [5.41, 5.74) is 2.39. The number of hydrogen-bond acceptors (Lipinski definition) is 3. The van der Waals surface area contributed by atoms with E-state index in [2.05, 4.69) is 52.0 Å². The summed E-state index contributed by atoms with van der Waals surface area (Å²) in [5.74, 6) is 1.20. The number of thioether (sulfide) groups is 1. The molecule has 1 fully saturated rings. The lowest BCUT2D eigenvalue weighted by atomic mass is 10.0. The van der Waals surface area contributed by atoms with Crippen molar-refractivity contribution in [2.75, 3.05) is 12.3 Å². The van der Waals surface area contributed by atoms with Crippen LogP contribution in [0.25, 0.3) is 0 Å². The summed E-state index contributed by atoms with van der Waals surface area (Å²) in [7, 11) is 2.05. The number of rotatable bonds is 7. The summed E-state index contributed by atoms with van der Waals surface area (Å²) in [5, 5.41) is 9.05. The maximum atomic E-state index is 4.51. The Hall–Kier alpha value is 0. The van der Waals surface area contributed by atoms with Gasteiger partial charge < -0.3 is 5.32 Å². The smallest absolute Gasteiger partial charge is 0.0738 e. The van der Waals surface area contributed by atoms with Gasteiger partial charge in [0.1, 0.15) is 0 Å². The van der Waals surface area contributed by atoms with E-state index in [0.29, 0.717) is 6.04 Å². The molecule has 1 aliphatic carbocycles. The van der Waals surface area contributed by atoms with Crippen LogP contribution >= 0.6 is 27.7 Å². The third kappa shape index (κ3) is 5.00. The van der Waals surface area contributed by atoms with Crippen molar-refractivity contribution in [2.24, 2.45) is 7.05 Å². The largest absolute Gasteiger partial charge is 0.313 e. The Labute approximate surface area is 141 Å². The van der Waals surface area contributed by atoms with Gasteiger partial charge in [-0.25, -0.2) is 0 Å². The van der Waals surface area contributed by atoms with Crippen molar-refractivity contribution in [3.63, 3.8) is 0 Å². The van der Waals surface area contributed by atoms with Crippen molar-refractivity contribution >= 4 is 27.7 Å². The zero-order valence-corrected chi connectivity index (χ0v) is 15.9. The van der Waals surface area contributed by atoms with Crippen molar-refractivity contribution in [3.8, 4) is 0 Å². The predicted octanol–water partition coefficient (Wildman–Crippen LogP) is 4.08. The Kier molecular flexibility index (Phi) is 7.10. The topological polar surface area (TPSA) is 29.9 Å². The molecule has 1 heterocycles. The van der Waals surface area contributed by atoms with E-state index in [0.717, 1.165) is 23.9 Å². The maximum Gasteiger partial charge on any atom is 0.0738 e. The summed E-state index contributed by atoms with van der Waals surface area (Å²) in [6.45, 7) is 5.29. The molecular weight excluding hydrogens is 346 g/mol. The molecule has 1 saturated carbocycles. The number of hydrogen-bond donors (Lipinski definition) is 1. The van der Waals surface area contributed by atoms with Gasteiger partial charge in [0, 0.05) is 30.5 Å². The van der Waals surface area contributed by atoms with Crippen molar-refractivity contribution in [3.05, 3.63) is 15.9 Å². The average Bonchev–Trinajstić information content (AvgIpc) is 2.72. The molecule has 0 saturated heterocycles. The van der Waals surface area contributed by atoms with E-state index in [9.17, 15) is 0 Å². The van der Waals surface area contributed by atoms with Gasteiger partial charge in [-0.15, -0.1) is 0 Å². The maximum absolute atomic E-state index is 4.51.